The van der Waals surface area contributed by atoms with Gasteiger partial charge in [-0.15, -0.1) is 0 Å². The third-order valence-corrected chi connectivity index (χ3v) is 5.42. The number of benzene rings is 2. The van der Waals surface area contributed by atoms with Gasteiger partial charge in [0.05, 0.1) is 12.9 Å². The molecule has 0 radical (unpaired) electrons. The summed E-state index contributed by atoms with van der Waals surface area (Å²) in [5, 5.41) is 0. The minimum atomic E-state index is -3.52. The van der Waals surface area contributed by atoms with E-state index in [2.05, 4.69) is 5.48 Å². The van der Waals surface area contributed by atoms with Gasteiger partial charge in [-0.3, -0.25) is 9.63 Å². The Morgan fingerprint density at radius 1 is 1.12 bits per heavy atom. The lowest BCUT2D eigenvalue weighted by molar-refractivity contribution is -0.139. The Hall–Kier alpha value is -2.22. The molecule has 2 aromatic rings. The molecule has 7 heteroatoms. The number of rotatable bonds is 5. The van der Waals surface area contributed by atoms with Gasteiger partial charge in [0.15, 0.2) is 0 Å². The van der Waals surface area contributed by atoms with Gasteiger partial charge >= 0.3 is 0 Å². The molecule has 0 spiro atoms. The highest BCUT2D eigenvalue weighted by Crippen LogP contribution is 2.25. The Morgan fingerprint density at radius 2 is 1.76 bits per heavy atom. The number of nitrogens with one attached hydrogen (secondary N) is 1. The van der Waals surface area contributed by atoms with Crippen molar-refractivity contribution < 1.29 is 18.0 Å². The Kier molecular flexibility index (Phi) is 5.17. The molecule has 1 aliphatic heterocycles. The van der Waals surface area contributed by atoms with Crippen molar-refractivity contribution in [1.29, 1.82) is 0 Å². The van der Waals surface area contributed by atoms with E-state index in [4.69, 9.17) is 4.84 Å². The molecule has 6 nitrogen and oxygen atoms in total. The van der Waals surface area contributed by atoms with E-state index in [1.54, 1.807) is 0 Å². The van der Waals surface area contributed by atoms with Gasteiger partial charge in [0, 0.05) is 6.54 Å². The molecule has 2 aromatic carbocycles. The SMILES string of the molecule is CS(=O)(=O)N1Cc2ccccc2C[C@H]1C(=O)NOCc1ccccc1. The van der Waals surface area contributed by atoms with Crippen molar-refractivity contribution in [2.75, 3.05) is 6.26 Å². The van der Waals surface area contributed by atoms with Crippen LogP contribution in [0.1, 0.15) is 16.7 Å². The molecule has 1 N–H and O–H groups in total. The highest BCUT2D eigenvalue weighted by atomic mass is 32.2. The fraction of sp³-hybridized carbons (Fsp3) is 0.278. The summed E-state index contributed by atoms with van der Waals surface area (Å²) in [6.07, 6.45) is 1.44. The van der Waals surface area contributed by atoms with Crippen LogP contribution in [0.4, 0.5) is 0 Å². The summed E-state index contributed by atoms with van der Waals surface area (Å²) in [4.78, 5) is 17.8. The third kappa shape index (κ3) is 4.25. The van der Waals surface area contributed by atoms with E-state index in [0.717, 1.165) is 22.9 Å². The van der Waals surface area contributed by atoms with Crippen molar-refractivity contribution in [2.24, 2.45) is 0 Å². The van der Waals surface area contributed by atoms with Gasteiger partial charge in [-0.1, -0.05) is 54.6 Å². The normalized spacial score (nSPS) is 17.7. The van der Waals surface area contributed by atoms with Crippen LogP contribution < -0.4 is 5.48 Å². The molecule has 0 aliphatic carbocycles. The largest absolute Gasteiger partial charge is 0.271 e. The van der Waals surface area contributed by atoms with E-state index in [1.165, 1.54) is 4.31 Å². The summed E-state index contributed by atoms with van der Waals surface area (Å²) in [5.41, 5.74) is 5.20. The number of hydrogen-bond acceptors (Lipinski definition) is 4. The first-order valence-electron chi connectivity index (χ1n) is 7.94. The van der Waals surface area contributed by atoms with Gasteiger partial charge in [-0.05, 0) is 23.1 Å². The maximum atomic E-state index is 12.5. The first-order chi connectivity index (χ1) is 11.9. The van der Waals surface area contributed by atoms with Crippen molar-refractivity contribution >= 4 is 15.9 Å². The van der Waals surface area contributed by atoms with Crippen LogP contribution >= 0.6 is 0 Å². The second-order valence-electron chi connectivity index (χ2n) is 6.04. The van der Waals surface area contributed by atoms with Crippen LogP contribution in [0, 0.1) is 0 Å². The maximum Gasteiger partial charge on any atom is 0.262 e. The number of amides is 1. The van der Waals surface area contributed by atoms with Crippen LogP contribution in [0.15, 0.2) is 54.6 Å². The lowest BCUT2D eigenvalue weighted by Crippen LogP contribution is -2.52. The van der Waals surface area contributed by atoms with E-state index in [0.29, 0.717) is 6.42 Å². The van der Waals surface area contributed by atoms with Gasteiger partial charge in [-0.25, -0.2) is 13.9 Å². The quantitative estimate of drug-likeness (QED) is 0.822. The molecule has 0 aromatic heterocycles. The molecule has 0 fully saturated rings. The van der Waals surface area contributed by atoms with Crippen LogP contribution in [-0.4, -0.2) is 30.9 Å². The zero-order valence-corrected chi connectivity index (χ0v) is 14.7. The summed E-state index contributed by atoms with van der Waals surface area (Å²) in [5.74, 6) is -0.462. The summed E-state index contributed by atoms with van der Waals surface area (Å²) in [7, 11) is -3.52. The van der Waals surface area contributed by atoms with Gasteiger partial charge in [0.2, 0.25) is 10.0 Å². The van der Waals surface area contributed by atoms with E-state index < -0.39 is 22.0 Å². The first-order valence-corrected chi connectivity index (χ1v) is 9.79. The van der Waals surface area contributed by atoms with Gasteiger partial charge < -0.3 is 0 Å². The number of fused-ring (bicyclic) bond motifs is 1. The highest BCUT2D eigenvalue weighted by molar-refractivity contribution is 7.88. The fourth-order valence-electron chi connectivity index (χ4n) is 2.90. The van der Waals surface area contributed by atoms with Crippen molar-refractivity contribution in [2.45, 2.75) is 25.6 Å². The number of hydrogen-bond donors (Lipinski definition) is 1. The van der Waals surface area contributed by atoms with Crippen LogP contribution in [0.25, 0.3) is 0 Å². The second-order valence-corrected chi connectivity index (χ2v) is 7.97. The maximum absolute atomic E-state index is 12.5. The molecule has 3 rings (SSSR count). The van der Waals surface area contributed by atoms with Crippen LogP contribution in [-0.2, 0) is 39.2 Å². The number of hydroxylamine groups is 1. The summed E-state index contributed by atoms with van der Waals surface area (Å²) in [6, 6.07) is 16.1. The molecule has 1 atom stereocenters. The second kappa shape index (κ2) is 7.35. The highest BCUT2D eigenvalue weighted by Gasteiger charge is 2.36. The Labute approximate surface area is 147 Å². The zero-order valence-electron chi connectivity index (χ0n) is 13.9. The monoisotopic (exact) mass is 360 g/mol. The average molecular weight is 360 g/mol. The topological polar surface area (TPSA) is 75.7 Å². The predicted molar refractivity (Wildman–Crippen MR) is 93.7 cm³/mol. The molecule has 1 aliphatic rings. The molecule has 0 unspecified atom stereocenters. The number of nitrogens with zero attached hydrogens (tertiary/aromatic N) is 1. The van der Waals surface area contributed by atoms with E-state index in [9.17, 15) is 13.2 Å². The molecular formula is C18H20N2O4S. The first kappa shape index (κ1) is 17.6. The molecule has 25 heavy (non-hydrogen) atoms. The van der Waals surface area contributed by atoms with Crippen molar-refractivity contribution in [3.63, 3.8) is 0 Å². The molecule has 1 amide bonds. The number of carbonyl (C=O) groups is 1. The van der Waals surface area contributed by atoms with E-state index in [1.807, 2.05) is 54.6 Å². The van der Waals surface area contributed by atoms with Gasteiger partial charge in [-0.2, -0.15) is 4.31 Å². The molecule has 132 valence electrons. The lowest BCUT2D eigenvalue weighted by Gasteiger charge is -2.33. The zero-order chi connectivity index (χ0) is 17.9. The standard InChI is InChI=1S/C18H20N2O4S/c1-25(22,23)20-12-16-10-6-5-9-15(16)11-17(20)18(21)19-24-13-14-7-3-2-4-8-14/h2-10,17H,11-13H2,1H3,(H,19,21)/t17-/m0/s1. The van der Waals surface area contributed by atoms with Gasteiger partial charge in [0.1, 0.15) is 6.04 Å². The molecular weight excluding hydrogens is 340 g/mol. The molecule has 0 bridgehead atoms. The summed E-state index contributed by atoms with van der Waals surface area (Å²) < 4.78 is 25.4. The Morgan fingerprint density at radius 3 is 2.44 bits per heavy atom. The van der Waals surface area contributed by atoms with Crippen LogP contribution in [0.2, 0.25) is 0 Å². The minimum absolute atomic E-state index is 0.186. The van der Waals surface area contributed by atoms with E-state index in [-0.39, 0.29) is 13.2 Å². The number of sulfonamides is 1. The lowest BCUT2D eigenvalue weighted by atomic mass is 9.95. The van der Waals surface area contributed by atoms with Crippen molar-refractivity contribution in [3.05, 3.63) is 71.3 Å². The summed E-state index contributed by atoms with van der Waals surface area (Å²) >= 11 is 0. The molecule has 0 saturated carbocycles. The Balaban J connectivity index is 1.71. The van der Waals surface area contributed by atoms with Crippen molar-refractivity contribution in [1.82, 2.24) is 9.79 Å². The van der Waals surface area contributed by atoms with E-state index >= 15 is 0 Å². The number of carbonyl (C=O) groups excluding carboxylic acids is 1. The van der Waals surface area contributed by atoms with Crippen molar-refractivity contribution in [3.8, 4) is 0 Å². The molecule has 0 saturated heterocycles. The smallest absolute Gasteiger partial charge is 0.262 e. The van der Waals surface area contributed by atoms with Crippen LogP contribution in [0.5, 0.6) is 0 Å². The summed E-state index contributed by atoms with van der Waals surface area (Å²) in [6.45, 7) is 0.403. The third-order valence-electron chi connectivity index (χ3n) is 4.19. The molecule has 1 heterocycles. The fourth-order valence-corrected chi connectivity index (χ4v) is 3.91. The predicted octanol–water partition coefficient (Wildman–Crippen LogP) is 1.62. The van der Waals surface area contributed by atoms with Crippen LogP contribution in [0.3, 0.4) is 0 Å². The average Bonchev–Trinajstić information content (AvgIpc) is 2.60. The minimum Gasteiger partial charge on any atom is -0.271 e. The van der Waals surface area contributed by atoms with Gasteiger partial charge in [0.25, 0.3) is 5.91 Å². The Bertz CT molecular complexity index is 852.